The third-order valence-corrected chi connectivity index (χ3v) is 6.48. The molecule has 2 rings (SSSR count). The van der Waals surface area contributed by atoms with Gasteiger partial charge in [-0.05, 0) is 30.5 Å². The lowest BCUT2D eigenvalue weighted by Crippen LogP contribution is -2.44. The molecule has 1 aliphatic heterocycles. The van der Waals surface area contributed by atoms with E-state index >= 15 is 0 Å². The first-order valence-electron chi connectivity index (χ1n) is 6.94. The van der Waals surface area contributed by atoms with Gasteiger partial charge in [0.1, 0.15) is 0 Å². The number of hydrogen-bond acceptors (Lipinski definition) is 3. The molecule has 1 fully saturated rings. The van der Waals surface area contributed by atoms with Crippen molar-refractivity contribution in [2.75, 3.05) is 19.8 Å². The molecule has 0 aromatic heterocycles. The summed E-state index contributed by atoms with van der Waals surface area (Å²) >= 11 is 11.9. The molecule has 1 heterocycles. The number of nitrogens with one attached hydrogen (secondary N) is 1. The van der Waals surface area contributed by atoms with Gasteiger partial charge in [-0.25, -0.2) is 13.1 Å². The van der Waals surface area contributed by atoms with Gasteiger partial charge < -0.3 is 4.74 Å². The van der Waals surface area contributed by atoms with Crippen LogP contribution in [0.2, 0.25) is 10.0 Å². The van der Waals surface area contributed by atoms with Crippen molar-refractivity contribution in [2.45, 2.75) is 25.0 Å². The Morgan fingerprint density at radius 1 is 1.33 bits per heavy atom. The molecule has 4 nitrogen and oxygen atoms in total. The summed E-state index contributed by atoms with van der Waals surface area (Å²) in [7, 11) is -3.31. The molecule has 0 bridgehead atoms. The van der Waals surface area contributed by atoms with Crippen LogP contribution >= 0.6 is 23.2 Å². The topological polar surface area (TPSA) is 55.4 Å². The zero-order valence-corrected chi connectivity index (χ0v) is 14.1. The highest BCUT2D eigenvalue weighted by atomic mass is 35.5. The summed E-state index contributed by atoms with van der Waals surface area (Å²) in [6.45, 7) is 3.10. The summed E-state index contributed by atoms with van der Waals surface area (Å²) in [5.41, 5.74) is 0.969. The third-order valence-electron chi connectivity index (χ3n) is 3.63. The van der Waals surface area contributed by atoms with Crippen LogP contribution in [-0.2, 0) is 21.2 Å². The van der Waals surface area contributed by atoms with Crippen LogP contribution in [0.3, 0.4) is 0 Å². The minimum absolute atomic E-state index is 0.0833. The fourth-order valence-electron chi connectivity index (χ4n) is 2.65. The van der Waals surface area contributed by atoms with Crippen LogP contribution in [0.15, 0.2) is 18.2 Å². The number of sulfonamides is 1. The normalized spacial score (nSPS) is 23.2. The number of halogens is 2. The summed E-state index contributed by atoms with van der Waals surface area (Å²) in [4.78, 5) is 0. The molecule has 2 atom stereocenters. The third kappa shape index (κ3) is 4.33. The molecular formula is C14H19Cl2NO3S. The first kappa shape index (κ1) is 17.0. The summed E-state index contributed by atoms with van der Waals surface area (Å²) in [6, 6.07) is 5.39. The fourth-order valence-corrected chi connectivity index (χ4v) is 4.68. The molecule has 0 unspecified atom stereocenters. The Balaban J connectivity index is 2.17. The van der Waals surface area contributed by atoms with Crippen LogP contribution in [0.4, 0.5) is 0 Å². The monoisotopic (exact) mass is 351 g/mol. The van der Waals surface area contributed by atoms with Crippen molar-refractivity contribution >= 4 is 33.2 Å². The van der Waals surface area contributed by atoms with Crippen molar-refractivity contribution in [1.29, 1.82) is 0 Å². The van der Waals surface area contributed by atoms with E-state index in [0.29, 0.717) is 42.6 Å². The Morgan fingerprint density at radius 2 is 2.10 bits per heavy atom. The van der Waals surface area contributed by atoms with Crippen molar-refractivity contribution in [3.8, 4) is 0 Å². The van der Waals surface area contributed by atoms with Crippen LogP contribution in [0.1, 0.15) is 18.9 Å². The Labute approximate surface area is 135 Å². The smallest absolute Gasteiger partial charge is 0.214 e. The number of rotatable bonds is 5. The van der Waals surface area contributed by atoms with E-state index in [-0.39, 0.29) is 5.92 Å². The van der Waals surface area contributed by atoms with Gasteiger partial charge in [0.2, 0.25) is 10.0 Å². The van der Waals surface area contributed by atoms with Crippen LogP contribution in [0.5, 0.6) is 0 Å². The van der Waals surface area contributed by atoms with E-state index in [1.165, 1.54) is 0 Å². The van der Waals surface area contributed by atoms with Crippen LogP contribution in [-0.4, -0.2) is 33.4 Å². The van der Waals surface area contributed by atoms with Gasteiger partial charge >= 0.3 is 0 Å². The molecule has 7 heteroatoms. The zero-order chi connectivity index (χ0) is 15.5. The maximum Gasteiger partial charge on any atom is 0.214 e. The fraction of sp³-hybridized carbons (Fsp3) is 0.571. The molecule has 1 saturated heterocycles. The van der Waals surface area contributed by atoms with Gasteiger partial charge in [0, 0.05) is 19.1 Å². The van der Waals surface area contributed by atoms with Crippen molar-refractivity contribution in [3.63, 3.8) is 0 Å². The van der Waals surface area contributed by atoms with Gasteiger partial charge in [-0.3, -0.25) is 0 Å². The van der Waals surface area contributed by atoms with Gasteiger partial charge in [0.25, 0.3) is 0 Å². The summed E-state index contributed by atoms with van der Waals surface area (Å²) in [5, 5.41) is 0.551. The van der Waals surface area contributed by atoms with Crippen molar-refractivity contribution in [2.24, 2.45) is 5.92 Å². The largest absolute Gasteiger partial charge is 0.381 e. The summed E-state index contributed by atoms with van der Waals surface area (Å²) < 4.78 is 32.6. The van der Waals surface area contributed by atoms with E-state index in [1.807, 2.05) is 6.07 Å². The predicted octanol–water partition coefficient (Wildman–Crippen LogP) is 2.88. The van der Waals surface area contributed by atoms with Crippen molar-refractivity contribution in [1.82, 2.24) is 4.72 Å². The molecule has 1 aromatic rings. The molecule has 1 N–H and O–H groups in total. The van der Waals surface area contributed by atoms with E-state index in [4.69, 9.17) is 27.9 Å². The van der Waals surface area contributed by atoms with Crippen LogP contribution in [0, 0.1) is 5.92 Å². The number of hydrogen-bond donors (Lipinski definition) is 1. The second kappa shape index (κ2) is 7.29. The minimum Gasteiger partial charge on any atom is -0.381 e. The first-order chi connectivity index (χ1) is 9.94. The summed E-state index contributed by atoms with van der Waals surface area (Å²) in [5.74, 6) is -0.0833. The predicted molar refractivity (Wildman–Crippen MR) is 85.5 cm³/mol. The molecule has 1 aliphatic rings. The average molecular weight is 352 g/mol. The van der Waals surface area contributed by atoms with Gasteiger partial charge in [0.05, 0.1) is 21.9 Å². The maximum atomic E-state index is 12.3. The first-order valence-corrected chi connectivity index (χ1v) is 9.24. The molecule has 0 radical (unpaired) electrons. The summed E-state index contributed by atoms with van der Waals surface area (Å²) in [6.07, 6.45) is 1.12. The Morgan fingerprint density at radius 3 is 2.76 bits per heavy atom. The lowest BCUT2D eigenvalue weighted by Gasteiger charge is -2.31. The lowest BCUT2D eigenvalue weighted by molar-refractivity contribution is 0.0570. The van der Waals surface area contributed by atoms with E-state index in [2.05, 4.69) is 4.72 Å². The molecule has 118 valence electrons. The molecule has 0 saturated carbocycles. The maximum absolute atomic E-state index is 12.3. The van der Waals surface area contributed by atoms with Crippen molar-refractivity contribution in [3.05, 3.63) is 33.8 Å². The number of ether oxygens (including phenoxy) is 1. The molecule has 21 heavy (non-hydrogen) atoms. The van der Waals surface area contributed by atoms with E-state index in [0.717, 1.165) is 5.56 Å². The quantitative estimate of drug-likeness (QED) is 0.887. The van der Waals surface area contributed by atoms with E-state index < -0.39 is 15.3 Å². The second-order valence-electron chi connectivity index (χ2n) is 5.16. The lowest BCUT2D eigenvalue weighted by atomic mass is 9.93. The molecule has 0 aliphatic carbocycles. The molecule has 0 spiro atoms. The van der Waals surface area contributed by atoms with Crippen LogP contribution in [0.25, 0.3) is 0 Å². The second-order valence-corrected chi connectivity index (χ2v) is 7.96. The Kier molecular flexibility index (Phi) is 5.91. The Hall–Kier alpha value is -0.330. The van der Waals surface area contributed by atoms with Gasteiger partial charge in [-0.15, -0.1) is 0 Å². The van der Waals surface area contributed by atoms with Crippen LogP contribution < -0.4 is 4.72 Å². The van der Waals surface area contributed by atoms with Gasteiger partial charge in [-0.2, -0.15) is 0 Å². The van der Waals surface area contributed by atoms with Gasteiger partial charge in [0.15, 0.2) is 0 Å². The zero-order valence-electron chi connectivity index (χ0n) is 11.8. The molecular weight excluding hydrogens is 333 g/mol. The average Bonchev–Trinajstić information content (AvgIpc) is 2.43. The number of benzene rings is 1. The highest BCUT2D eigenvalue weighted by molar-refractivity contribution is 7.90. The molecule has 0 amide bonds. The van der Waals surface area contributed by atoms with Gasteiger partial charge in [-0.1, -0.05) is 36.2 Å². The minimum atomic E-state index is -3.31. The highest BCUT2D eigenvalue weighted by Crippen LogP contribution is 2.28. The van der Waals surface area contributed by atoms with E-state index in [9.17, 15) is 8.42 Å². The highest BCUT2D eigenvalue weighted by Gasteiger charge is 2.35. The molecule has 1 aromatic carbocycles. The van der Waals surface area contributed by atoms with E-state index in [1.54, 1.807) is 19.1 Å². The Bertz CT molecular complexity index is 592. The standard InChI is InChI=1S/C14H19Cl2NO3S/c1-2-17-21(18,19)14-5-6-20-9-11(14)7-10-3-4-12(15)13(16)8-10/h3-4,8,11,14,17H,2,5-7,9H2,1H3/t11-,14-/m0/s1. The SMILES string of the molecule is CCNS(=O)(=O)[C@H]1CCOC[C@@H]1Cc1ccc(Cl)c(Cl)c1. The van der Waals surface area contributed by atoms with Crippen molar-refractivity contribution < 1.29 is 13.2 Å².